The molecule has 2 rings (SSSR count). The average Bonchev–Trinajstić information content (AvgIpc) is 2.42. The molecular formula is C17H20ClNO. The van der Waals surface area contributed by atoms with Crippen molar-refractivity contribution in [3.8, 4) is 5.75 Å². The molecule has 1 atom stereocenters. The number of halogens is 1. The Kier molecular flexibility index (Phi) is 4.69. The zero-order valence-electron chi connectivity index (χ0n) is 12.1. The van der Waals surface area contributed by atoms with Crippen LogP contribution in [0.5, 0.6) is 5.75 Å². The van der Waals surface area contributed by atoms with Gasteiger partial charge in [0, 0.05) is 11.6 Å². The SMILES string of the molecule is Cc1cc(C)c(C)c(OC(CN)c2ccc(Cl)cc2)c1. The van der Waals surface area contributed by atoms with Gasteiger partial charge in [0.1, 0.15) is 11.9 Å². The maximum atomic E-state index is 6.11. The van der Waals surface area contributed by atoms with Crippen molar-refractivity contribution in [3.05, 3.63) is 63.7 Å². The van der Waals surface area contributed by atoms with E-state index in [0.717, 1.165) is 16.9 Å². The minimum absolute atomic E-state index is 0.160. The minimum Gasteiger partial charge on any atom is -0.484 e. The van der Waals surface area contributed by atoms with E-state index in [1.54, 1.807) is 0 Å². The Labute approximate surface area is 125 Å². The first-order valence-electron chi connectivity index (χ1n) is 6.71. The Morgan fingerprint density at radius 2 is 1.75 bits per heavy atom. The van der Waals surface area contributed by atoms with Gasteiger partial charge in [0.25, 0.3) is 0 Å². The molecule has 0 aliphatic carbocycles. The maximum Gasteiger partial charge on any atom is 0.136 e. The summed E-state index contributed by atoms with van der Waals surface area (Å²) in [4.78, 5) is 0. The molecule has 0 amide bonds. The van der Waals surface area contributed by atoms with Crippen molar-refractivity contribution in [1.29, 1.82) is 0 Å². The van der Waals surface area contributed by atoms with Gasteiger partial charge in [-0.3, -0.25) is 0 Å². The van der Waals surface area contributed by atoms with Gasteiger partial charge in [-0.05, 0) is 61.2 Å². The first kappa shape index (κ1) is 14.9. The van der Waals surface area contributed by atoms with Crippen LogP contribution < -0.4 is 10.5 Å². The lowest BCUT2D eigenvalue weighted by molar-refractivity contribution is 0.212. The third-order valence-corrected chi connectivity index (χ3v) is 3.74. The largest absolute Gasteiger partial charge is 0.484 e. The molecule has 0 radical (unpaired) electrons. The normalized spacial score (nSPS) is 12.2. The van der Waals surface area contributed by atoms with Crippen LogP contribution in [0.3, 0.4) is 0 Å². The molecule has 1 unspecified atom stereocenters. The van der Waals surface area contributed by atoms with Crippen molar-refractivity contribution in [2.24, 2.45) is 5.73 Å². The second-order valence-electron chi connectivity index (χ2n) is 5.10. The van der Waals surface area contributed by atoms with Crippen molar-refractivity contribution >= 4 is 11.6 Å². The summed E-state index contributed by atoms with van der Waals surface area (Å²) in [6.45, 7) is 6.65. The fraction of sp³-hybridized carbons (Fsp3) is 0.294. The Bertz CT molecular complexity index is 593. The number of aryl methyl sites for hydroxylation is 2. The smallest absolute Gasteiger partial charge is 0.136 e. The molecule has 0 heterocycles. The average molecular weight is 290 g/mol. The lowest BCUT2D eigenvalue weighted by Gasteiger charge is -2.20. The third-order valence-electron chi connectivity index (χ3n) is 3.49. The molecule has 0 saturated heterocycles. The van der Waals surface area contributed by atoms with E-state index < -0.39 is 0 Å². The molecule has 0 aliphatic heterocycles. The van der Waals surface area contributed by atoms with Gasteiger partial charge in [-0.1, -0.05) is 29.8 Å². The Morgan fingerprint density at radius 1 is 1.10 bits per heavy atom. The summed E-state index contributed by atoms with van der Waals surface area (Å²) >= 11 is 5.91. The van der Waals surface area contributed by atoms with Gasteiger partial charge in [-0.15, -0.1) is 0 Å². The molecule has 2 aromatic rings. The Morgan fingerprint density at radius 3 is 2.35 bits per heavy atom. The third kappa shape index (κ3) is 3.33. The molecule has 20 heavy (non-hydrogen) atoms. The highest BCUT2D eigenvalue weighted by Crippen LogP contribution is 2.28. The van der Waals surface area contributed by atoms with E-state index in [1.807, 2.05) is 24.3 Å². The highest BCUT2D eigenvalue weighted by molar-refractivity contribution is 6.30. The van der Waals surface area contributed by atoms with Gasteiger partial charge >= 0.3 is 0 Å². The van der Waals surface area contributed by atoms with Gasteiger partial charge in [-0.25, -0.2) is 0 Å². The standard InChI is InChI=1S/C17H20ClNO/c1-11-8-12(2)13(3)16(9-11)20-17(10-19)14-4-6-15(18)7-5-14/h4-9,17H,10,19H2,1-3H3. The predicted molar refractivity (Wildman–Crippen MR) is 84.5 cm³/mol. The maximum absolute atomic E-state index is 6.11. The van der Waals surface area contributed by atoms with Crippen LogP contribution in [-0.4, -0.2) is 6.54 Å². The molecule has 106 valence electrons. The van der Waals surface area contributed by atoms with Crippen molar-refractivity contribution in [1.82, 2.24) is 0 Å². The topological polar surface area (TPSA) is 35.2 Å². The number of benzene rings is 2. The number of ether oxygens (including phenoxy) is 1. The van der Waals surface area contributed by atoms with E-state index in [2.05, 4.69) is 32.9 Å². The van der Waals surface area contributed by atoms with Crippen LogP contribution in [0.15, 0.2) is 36.4 Å². The molecule has 2 N–H and O–H groups in total. The second-order valence-corrected chi connectivity index (χ2v) is 5.54. The molecule has 0 fully saturated rings. The molecule has 2 nitrogen and oxygen atoms in total. The zero-order valence-corrected chi connectivity index (χ0v) is 12.9. The summed E-state index contributed by atoms with van der Waals surface area (Å²) in [7, 11) is 0. The summed E-state index contributed by atoms with van der Waals surface area (Å²) in [5.74, 6) is 0.896. The molecule has 0 aliphatic rings. The van der Waals surface area contributed by atoms with E-state index in [9.17, 15) is 0 Å². The Hall–Kier alpha value is -1.51. The van der Waals surface area contributed by atoms with E-state index in [1.165, 1.54) is 11.1 Å². The van der Waals surface area contributed by atoms with E-state index >= 15 is 0 Å². The van der Waals surface area contributed by atoms with E-state index in [4.69, 9.17) is 22.1 Å². The van der Waals surface area contributed by atoms with E-state index in [-0.39, 0.29) is 6.10 Å². The molecule has 0 bridgehead atoms. The van der Waals surface area contributed by atoms with Crippen LogP contribution in [0.25, 0.3) is 0 Å². The van der Waals surface area contributed by atoms with Crippen molar-refractivity contribution < 1.29 is 4.74 Å². The highest BCUT2D eigenvalue weighted by Gasteiger charge is 2.14. The monoisotopic (exact) mass is 289 g/mol. The number of rotatable bonds is 4. The van der Waals surface area contributed by atoms with Crippen molar-refractivity contribution in [2.75, 3.05) is 6.54 Å². The highest BCUT2D eigenvalue weighted by atomic mass is 35.5. The molecule has 3 heteroatoms. The predicted octanol–water partition coefficient (Wildman–Crippen LogP) is 4.34. The van der Waals surface area contributed by atoms with Gasteiger partial charge in [0.2, 0.25) is 0 Å². The summed E-state index contributed by atoms with van der Waals surface area (Å²) in [6.07, 6.45) is -0.160. The van der Waals surface area contributed by atoms with Gasteiger partial charge in [0.15, 0.2) is 0 Å². The quantitative estimate of drug-likeness (QED) is 0.908. The van der Waals surface area contributed by atoms with Crippen LogP contribution in [0, 0.1) is 20.8 Å². The Balaban J connectivity index is 2.29. The van der Waals surface area contributed by atoms with Gasteiger partial charge in [-0.2, -0.15) is 0 Å². The molecule has 0 spiro atoms. The first-order chi connectivity index (χ1) is 9.51. The minimum atomic E-state index is -0.160. The van der Waals surface area contributed by atoms with Crippen LogP contribution >= 0.6 is 11.6 Å². The van der Waals surface area contributed by atoms with Crippen LogP contribution in [0.4, 0.5) is 0 Å². The first-order valence-corrected chi connectivity index (χ1v) is 7.09. The molecule has 2 aromatic carbocycles. The number of nitrogens with two attached hydrogens (primary N) is 1. The summed E-state index contributed by atoms with van der Waals surface area (Å²) < 4.78 is 6.11. The number of hydrogen-bond donors (Lipinski definition) is 1. The fourth-order valence-corrected chi connectivity index (χ4v) is 2.33. The van der Waals surface area contributed by atoms with Crippen molar-refractivity contribution in [2.45, 2.75) is 26.9 Å². The van der Waals surface area contributed by atoms with Crippen LogP contribution in [-0.2, 0) is 0 Å². The van der Waals surface area contributed by atoms with Crippen molar-refractivity contribution in [3.63, 3.8) is 0 Å². The zero-order chi connectivity index (χ0) is 14.7. The van der Waals surface area contributed by atoms with E-state index in [0.29, 0.717) is 11.6 Å². The lowest BCUT2D eigenvalue weighted by atomic mass is 10.0. The van der Waals surface area contributed by atoms with Crippen LogP contribution in [0.2, 0.25) is 5.02 Å². The number of hydrogen-bond acceptors (Lipinski definition) is 2. The van der Waals surface area contributed by atoms with Gasteiger partial charge < -0.3 is 10.5 Å². The second kappa shape index (κ2) is 6.29. The lowest BCUT2D eigenvalue weighted by Crippen LogP contribution is -2.19. The van der Waals surface area contributed by atoms with Crippen LogP contribution in [0.1, 0.15) is 28.4 Å². The fourth-order valence-electron chi connectivity index (χ4n) is 2.21. The summed E-state index contributed by atoms with van der Waals surface area (Å²) in [5.41, 5.74) is 10.5. The molecule has 0 aromatic heterocycles. The van der Waals surface area contributed by atoms with Gasteiger partial charge in [0.05, 0.1) is 0 Å². The summed E-state index contributed by atoms with van der Waals surface area (Å²) in [5, 5.41) is 0.715. The summed E-state index contributed by atoms with van der Waals surface area (Å²) in [6, 6.07) is 11.8. The molecule has 0 saturated carbocycles. The molecular weight excluding hydrogens is 270 g/mol.